The summed E-state index contributed by atoms with van der Waals surface area (Å²) >= 11 is 2.96. The third kappa shape index (κ3) is 3.19. The molecular formula is C9H8BrF3N6. The molecule has 0 saturated heterocycles. The number of hydrogen-bond donors (Lipinski definition) is 2. The summed E-state index contributed by atoms with van der Waals surface area (Å²) in [5.41, 5.74) is -0.864. The molecule has 0 aromatic carbocycles. The fourth-order valence-electron chi connectivity index (χ4n) is 1.39. The number of tetrazole rings is 1. The lowest BCUT2D eigenvalue weighted by molar-refractivity contribution is -0.137. The topological polar surface area (TPSA) is 79.4 Å². The van der Waals surface area contributed by atoms with Gasteiger partial charge in [-0.1, -0.05) is 5.21 Å². The molecule has 2 aromatic heterocycles. The van der Waals surface area contributed by atoms with Crippen molar-refractivity contribution >= 4 is 21.7 Å². The van der Waals surface area contributed by atoms with E-state index in [1.165, 1.54) is 6.20 Å². The number of aromatic nitrogens is 5. The molecule has 10 heteroatoms. The van der Waals surface area contributed by atoms with Crippen molar-refractivity contribution in [1.29, 1.82) is 0 Å². The first-order valence-electron chi connectivity index (χ1n) is 5.10. The first-order chi connectivity index (χ1) is 8.88. The minimum atomic E-state index is -4.50. The molecule has 0 aliphatic heterocycles. The van der Waals surface area contributed by atoms with Crippen molar-refractivity contribution in [3.05, 3.63) is 28.1 Å². The highest BCUT2D eigenvalue weighted by molar-refractivity contribution is 9.10. The van der Waals surface area contributed by atoms with Gasteiger partial charge in [0.15, 0.2) is 5.82 Å². The number of aromatic amines is 1. The van der Waals surface area contributed by atoms with Crippen LogP contribution in [-0.4, -0.2) is 25.6 Å². The molecule has 1 atom stereocenters. The molecule has 2 aromatic rings. The molecule has 6 nitrogen and oxygen atoms in total. The van der Waals surface area contributed by atoms with Crippen LogP contribution < -0.4 is 5.32 Å². The number of pyridine rings is 1. The van der Waals surface area contributed by atoms with Crippen LogP contribution in [-0.2, 0) is 6.18 Å². The molecule has 0 spiro atoms. The molecule has 2 N–H and O–H groups in total. The van der Waals surface area contributed by atoms with Gasteiger partial charge in [-0.3, -0.25) is 0 Å². The molecule has 0 saturated carbocycles. The van der Waals surface area contributed by atoms with Gasteiger partial charge in [0.05, 0.1) is 11.6 Å². The van der Waals surface area contributed by atoms with Crippen molar-refractivity contribution < 1.29 is 13.2 Å². The maximum atomic E-state index is 12.9. The summed E-state index contributed by atoms with van der Waals surface area (Å²) in [5.74, 6) is -0.0363. The second kappa shape index (κ2) is 5.11. The summed E-state index contributed by atoms with van der Waals surface area (Å²) in [5, 5.41) is 15.6. The van der Waals surface area contributed by atoms with Crippen LogP contribution in [0.5, 0.6) is 0 Å². The Bertz CT molecular complexity index is 556. The van der Waals surface area contributed by atoms with Crippen LogP contribution in [0.2, 0.25) is 0 Å². The van der Waals surface area contributed by atoms with Crippen molar-refractivity contribution in [2.24, 2.45) is 0 Å². The molecule has 2 rings (SSSR count). The molecule has 1 unspecified atom stereocenters. The summed E-state index contributed by atoms with van der Waals surface area (Å²) in [6.45, 7) is 1.61. The van der Waals surface area contributed by atoms with Crippen LogP contribution >= 0.6 is 15.9 Å². The van der Waals surface area contributed by atoms with Gasteiger partial charge in [0.1, 0.15) is 5.82 Å². The van der Waals surface area contributed by atoms with Crippen LogP contribution in [0.4, 0.5) is 19.0 Å². The summed E-state index contributed by atoms with van der Waals surface area (Å²) in [6, 6.07) is 0.395. The molecule has 19 heavy (non-hydrogen) atoms. The minimum absolute atomic E-state index is 0.248. The highest BCUT2D eigenvalue weighted by atomic mass is 79.9. The summed E-state index contributed by atoms with van der Waals surface area (Å²) in [7, 11) is 0. The Kier molecular flexibility index (Phi) is 3.69. The Morgan fingerprint density at radius 2 is 2.16 bits per heavy atom. The third-order valence-electron chi connectivity index (χ3n) is 2.26. The predicted molar refractivity (Wildman–Crippen MR) is 63.2 cm³/mol. The highest BCUT2D eigenvalue weighted by Crippen LogP contribution is 2.36. The number of halogens is 4. The van der Waals surface area contributed by atoms with Gasteiger partial charge in [-0.2, -0.15) is 18.4 Å². The van der Waals surface area contributed by atoms with Gasteiger partial charge in [-0.05, 0) is 28.9 Å². The quantitative estimate of drug-likeness (QED) is 0.900. The van der Waals surface area contributed by atoms with Crippen molar-refractivity contribution in [2.45, 2.75) is 19.1 Å². The second-order valence-corrected chi connectivity index (χ2v) is 4.60. The average Bonchev–Trinajstić information content (AvgIpc) is 2.83. The first-order valence-corrected chi connectivity index (χ1v) is 5.90. The molecule has 0 aliphatic rings. The monoisotopic (exact) mass is 336 g/mol. The zero-order valence-electron chi connectivity index (χ0n) is 9.53. The van der Waals surface area contributed by atoms with E-state index in [0.717, 1.165) is 6.07 Å². The SMILES string of the molecule is CC(Nc1ncc(Br)cc1C(F)(F)F)c1nn[nH]n1. The number of nitrogens with zero attached hydrogens (tertiary/aromatic N) is 4. The van der Waals surface area contributed by atoms with Gasteiger partial charge in [0.2, 0.25) is 0 Å². The largest absolute Gasteiger partial charge is 0.419 e. The summed E-state index contributed by atoms with van der Waals surface area (Å²) in [6.07, 6.45) is -3.23. The van der Waals surface area contributed by atoms with E-state index >= 15 is 0 Å². The van der Waals surface area contributed by atoms with Gasteiger partial charge >= 0.3 is 6.18 Å². The smallest absolute Gasteiger partial charge is 0.360 e. The number of H-pyrrole nitrogens is 1. The summed E-state index contributed by atoms with van der Waals surface area (Å²) < 4.78 is 38.9. The lowest BCUT2D eigenvalue weighted by Gasteiger charge is -2.16. The van der Waals surface area contributed by atoms with Gasteiger partial charge in [0.25, 0.3) is 0 Å². The first kappa shape index (κ1) is 13.7. The fraction of sp³-hybridized carbons (Fsp3) is 0.333. The predicted octanol–water partition coefficient (Wildman–Crippen LogP) is 2.55. The van der Waals surface area contributed by atoms with Crippen molar-refractivity contribution in [3.8, 4) is 0 Å². The zero-order valence-corrected chi connectivity index (χ0v) is 11.1. The van der Waals surface area contributed by atoms with E-state index in [2.05, 4.69) is 46.9 Å². The molecule has 0 radical (unpaired) electrons. The molecule has 0 aliphatic carbocycles. The van der Waals surface area contributed by atoms with Crippen LogP contribution in [0, 0.1) is 0 Å². The lowest BCUT2D eigenvalue weighted by Crippen LogP contribution is -2.15. The Morgan fingerprint density at radius 1 is 1.42 bits per heavy atom. The van der Waals surface area contributed by atoms with Crippen LogP contribution in [0.3, 0.4) is 0 Å². The molecule has 0 amide bonds. The zero-order chi connectivity index (χ0) is 14.0. The van der Waals surface area contributed by atoms with E-state index in [1.54, 1.807) is 6.92 Å². The van der Waals surface area contributed by atoms with Crippen LogP contribution in [0.15, 0.2) is 16.7 Å². The molecule has 2 heterocycles. The van der Waals surface area contributed by atoms with E-state index in [9.17, 15) is 13.2 Å². The molecular weight excluding hydrogens is 329 g/mol. The molecule has 0 bridgehead atoms. The highest BCUT2D eigenvalue weighted by Gasteiger charge is 2.35. The number of anilines is 1. The molecule has 102 valence electrons. The number of rotatable bonds is 3. The summed E-state index contributed by atoms with van der Waals surface area (Å²) in [4.78, 5) is 3.73. The van der Waals surface area contributed by atoms with Gasteiger partial charge in [0, 0.05) is 10.7 Å². The Labute approximate surface area is 113 Å². The minimum Gasteiger partial charge on any atom is -0.360 e. The van der Waals surface area contributed by atoms with Gasteiger partial charge < -0.3 is 5.32 Å². The van der Waals surface area contributed by atoms with Crippen LogP contribution in [0.1, 0.15) is 24.4 Å². The Balaban J connectivity index is 2.30. The number of nitrogens with one attached hydrogen (secondary N) is 2. The molecule has 0 fully saturated rings. The Hall–Kier alpha value is -1.71. The number of alkyl halides is 3. The lowest BCUT2D eigenvalue weighted by atomic mass is 10.2. The number of hydrogen-bond acceptors (Lipinski definition) is 5. The second-order valence-electron chi connectivity index (χ2n) is 3.68. The third-order valence-corrected chi connectivity index (χ3v) is 2.70. The van der Waals surface area contributed by atoms with Crippen molar-refractivity contribution in [2.75, 3.05) is 5.32 Å². The Morgan fingerprint density at radius 3 is 2.74 bits per heavy atom. The van der Waals surface area contributed by atoms with Crippen LogP contribution in [0.25, 0.3) is 0 Å². The van der Waals surface area contributed by atoms with Gasteiger partial charge in [-0.25, -0.2) is 4.98 Å². The van der Waals surface area contributed by atoms with E-state index in [-0.39, 0.29) is 16.1 Å². The van der Waals surface area contributed by atoms with E-state index in [4.69, 9.17) is 0 Å². The maximum absolute atomic E-state index is 12.9. The van der Waals surface area contributed by atoms with E-state index < -0.39 is 17.8 Å². The van der Waals surface area contributed by atoms with Gasteiger partial charge in [-0.15, -0.1) is 10.2 Å². The van der Waals surface area contributed by atoms with E-state index in [0.29, 0.717) is 0 Å². The van der Waals surface area contributed by atoms with E-state index in [1.807, 2.05) is 0 Å². The normalized spacial score (nSPS) is 13.3. The van der Waals surface area contributed by atoms with Crippen molar-refractivity contribution in [3.63, 3.8) is 0 Å². The standard InChI is InChI=1S/C9H8BrF3N6/c1-4(7-16-18-19-17-7)15-8-6(9(11,12)13)2-5(10)3-14-8/h2-4H,1H3,(H,14,15)(H,16,17,18,19). The van der Waals surface area contributed by atoms with Crippen molar-refractivity contribution in [1.82, 2.24) is 25.6 Å². The average molecular weight is 337 g/mol. The fourth-order valence-corrected chi connectivity index (χ4v) is 1.72. The maximum Gasteiger partial charge on any atom is 0.419 e.